The summed E-state index contributed by atoms with van der Waals surface area (Å²) in [6.45, 7) is 7.64. The van der Waals surface area contributed by atoms with E-state index in [4.69, 9.17) is 5.14 Å². The number of sulfonamides is 1. The average Bonchev–Trinajstić information content (AvgIpc) is 2.89. The number of carbonyl (C=O) groups excluding carboxylic acids is 1. The van der Waals surface area contributed by atoms with Gasteiger partial charge in [-0.3, -0.25) is 9.89 Å². The average molecular weight is 336 g/mol. The second-order valence-electron chi connectivity index (χ2n) is 6.40. The first-order valence-corrected chi connectivity index (χ1v) is 8.54. The highest BCUT2D eigenvalue weighted by molar-refractivity contribution is 7.89. The van der Waals surface area contributed by atoms with Gasteiger partial charge in [-0.25, -0.2) is 13.6 Å². The molecule has 0 atom stereocenters. The van der Waals surface area contributed by atoms with Crippen LogP contribution in [0.5, 0.6) is 0 Å². The zero-order chi connectivity index (χ0) is 17.4. The molecule has 0 aliphatic rings. The first kappa shape index (κ1) is 17.2. The number of aryl methyl sites for hydroxylation is 1. The molecule has 0 unspecified atom stereocenters. The normalized spacial score (nSPS) is 12.2. The molecule has 0 bridgehead atoms. The lowest BCUT2D eigenvalue weighted by atomic mass is 9.92. The largest absolute Gasteiger partial charge is 0.321 e. The predicted octanol–water partition coefficient (Wildman–Crippen LogP) is 1.92. The third kappa shape index (κ3) is 3.96. The maximum Gasteiger partial charge on any atom is 0.276 e. The quantitative estimate of drug-likeness (QED) is 0.793. The van der Waals surface area contributed by atoms with Crippen LogP contribution in [0, 0.1) is 6.92 Å². The van der Waals surface area contributed by atoms with Crippen molar-refractivity contribution in [1.29, 1.82) is 0 Å². The van der Waals surface area contributed by atoms with E-state index in [9.17, 15) is 13.2 Å². The van der Waals surface area contributed by atoms with Crippen LogP contribution in [-0.2, 0) is 15.4 Å². The van der Waals surface area contributed by atoms with Crippen molar-refractivity contribution in [1.82, 2.24) is 10.2 Å². The van der Waals surface area contributed by atoms with Gasteiger partial charge < -0.3 is 5.32 Å². The van der Waals surface area contributed by atoms with E-state index in [2.05, 4.69) is 15.5 Å². The molecule has 2 aromatic rings. The number of nitrogens with two attached hydrogens (primary N) is 1. The molecule has 124 valence electrons. The number of benzene rings is 1. The van der Waals surface area contributed by atoms with E-state index in [1.165, 1.54) is 6.07 Å². The number of rotatable bonds is 3. The van der Waals surface area contributed by atoms with Crippen molar-refractivity contribution in [2.75, 3.05) is 5.32 Å². The lowest BCUT2D eigenvalue weighted by molar-refractivity contribution is 0.102. The van der Waals surface area contributed by atoms with Gasteiger partial charge in [0.15, 0.2) is 5.69 Å². The number of aromatic nitrogens is 2. The topological polar surface area (TPSA) is 118 Å². The summed E-state index contributed by atoms with van der Waals surface area (Å²) in [6, 6.07) is 6.20. The Balaban J connectivity index is 2.26. The van der Waals surface area contributed by atoms with E-state index in [1.54, 1.807) is 25.1 Å². The summed E-state index contributed by atoms with van der Waals surface area (Å²) >= 11 is 0. The van der Waals surface area contributed by atoms with Gasteiger partial charge in [-0.15, -0.1) is 0 Å². The van der Waals surface area contributed by atoms with Crippen molar-refractivity contribution in [3.63, 3.8) is 0 Å². The smallest absolute Gasteiger partial charge is 0.276 e. The number of aromatic amines is 1. The van der Waals surface area contributed by atoms with Crippen molar-refractivity contribution in [2.45, 2.75) is 38.0 Å². The zero-order valence-corrected chi connectivity index (χ0v) is 14.3. The molecule has 0 fully saturated rings. The number of hydrogen-bond donors (Lipinski definition) is 3. The summed E-state index contributed by atoms with van der Waals surface area (Å²) < 4.78 is 23.0. The summed E-state index contributed by atoms with van der Waals surface area (Å²) in [5, 5.41) is 14.6. The lowest BCUT2D eigenvalue weighted by Crippen LogP contribution is -2.16. The number of amides is 1. The predicted molar refractivity (Wildman–Crippen MR) is 87.8 cm³/mol. The van der Waals surface area contributed by atoms with E-state index in [-0.39, 0.29) is 16.0 Å². The van der Waals surface area contributed by atoms with Crippen molar-refractivity contribution in [2.24, 2.45) is 5.14 Å². The van der Waals surface area contributed by atoms with Gasteiger partial charge in [-0.05, 0) is 30.7 Å². The fraction of sp³-hybridized carbons (Fsp3) is 0.333. The molecule has 8 heteroatoms. The van der Waals surface area contributed by atoms with Gasteiger partial charge in [-0.2, -0.15) is 5.10 Å². The van der Waals surface area contributed by atoms with Gasteiger partial charge in [0.05, 0.1) is 4.90 Å². The molecule has 2 rings (SSSR count). The number of primary sulfonamides is 1. The molecule has 0 spiro atoms. The number of anilines is 1. The van der Waals surface area contributed by atoms with E-state index < -0.39 is 15.9 Å². The molecule has 0 aliphatic carbocycles. The Kier molecular flexibility index (Phi) is 4.32. The summed E-state index contributed by atoms with van der Waals surface area (Å²) in [6.07, 6.45) is 0. The third-order valence-electron chi connectivity index (χ3n) is 3.37. The third-order valence-corrected chi connectivity index (χ3v) is 4.42. The number of H-pyrrole nitrogens is 1. The molecule has 1 heterocycles. The Morgan fingerprint density at radius 3 is 2.43 bits per heavy atom. The fourth-order valence-electron chi connectivity index (χ4n) is 2.00. The molecule has 0 saturated heterocycles. The number of carbonyl (C=O) groups is 1. The molecule has 0 aliphatic heterocycles. The Morgan fingerprint density at radius 2 is 1.91 bits per heavy atom. The monoisotopic (exact) mass is 336 g/mol. The molecular weight excluding hydrogens is 316 g/mol. The molecule has 1 amide bonds. The van der Waals surface area contributed by atoms with Crippen LogP contribution in [0.1, 0.15) is 42.5 Å². The van der Waals surface area contributed by atoms with Crippen LogP contribution in [0.4, 0.5) is 5.69 Å². The highest BCUT2D eigenvalue weighted by Crippen LogP contribution is 2.22. The maximum atomic E-state index is 12.2. The lowest BCUT2D eigenvalue weighted by Gasteiger charge is -2.14. The minimum atomic E-state index is -3.84. The molecule has 0 radical (unpaired) electrons. The summed E-state index contributed by atoms with van der Waals surface area (Å²) in [5.74, 6) is -0.430. The van der Waals surface area contributed by atoms with Crippen molar-refractivity contribution < 1.29 is 13.2 Å². The van der Waals surface area contributed by atoms with Crippen molar-refractivity contribution in [3.05, 3.63) is 41.2 Å². The van der Waals surface area contributed by atoms with Crippen LogP contribution in [-0.4, -0.2) is 24.5 Å². The molecule has 4 N–H and O–H groups in total. The second kappa shape index (κ2) is 5.78. The van der Waals surface area contributed by atoms with Crippen LogP contribution in [0.15, 0.2) is 29.2 Å². The highest BCUT2D eigenvalue weighted by Gasteiger charge is 2.20. The van der Waals surface area contributed by atoms with Crippen molar-refractivity contribution in [3.8, 4) is 0 Å². The van der Waals surface area contributed by atoms with Crippen molar-refractivity contribution >= 4 is 21.6 Å². The summed E-state index contributed by atoms with van der Waals surface area (Å²) in [5.41, 5.74) is 1.76. The van der Waals surface area contributed by atoms with Gasteiger partial charge in [0, 0.05) is 16.8 Å². The number of nitrogens with one attached hydrogen (secondary N) is 2. The highest BCUT2D eigenvalue weighted by atomic mass is 32.2. The van der Waals surface area contributed by atoms with Gasteiger partial charge in [0.2, 0.25) is 10.0 Å². The van der Waals surface area contributed by atoms with E-state index in [0.29, 0.717) is 11.3 Å². The Hall–Kier alpha value is -2.19. The van der Waals surface area contributed by atoms with Crippen LogP contribution >= 0.6 is 0 Å². The minimum absolute atomic E-state index is 0.0206. The molecule has 1 aromatic heterocycles. The van der Waals surface area contributed by atoms with Gasteiger partial charge in [0.25, 0.3) is 5.91 Å². The molecule has 7 nitrogen and oxygen atoms in total. The first-order valence-electron chi connectivity index (χ1n) is 6.99. The van der Waals surface area contributed by atoms with Gasteiger partial charge >= 0.3 is 0 Å². The van der Waals surface area contributed by atoms with Crippen LogP contribution in [0.25, 0.3) is 0 Å². The zero-order valence-electron chi connectivity index (χ0n) is 13.5. The Bertz CT molecular complexity index is 848. The number of nitrogens with zero attached hydrogens (tertiary/aromatic N) is 1. The molecule has 1 aromatic carbocycles. The van der Waals surface area contributed by atoms with Gasteiger partial charge in [-0.1, -0.05) is 26.8 Å². The van der Waals surface area contributed by atoms with E-state index in [1.807, 2.05) is 20.8 Å². The fourth-order valence-corrected chi connectivity index (χ4v) is 2.81. The van der Waals surface area contributed by atoms with E-state index >= 15 is 0 Å². The SMILES string of the molecule is Cc1ccc(NC(=O)c2cc(C(C)(C)C)[nH]n2)cc1S(N)(=O)=O. The molecule has 23 heavy (non-hydrogen) atoms. The summed E-state index contributed by atoms with van der Waals surface area (Å²) in [7, 11) is -3.84. The van der Waals surface area contributed by atoms with Crippen LogP contribution in [0.3, 0.4) is 0 Å². The summed E-state index contributed by atoms with van der Waals surface area (Å²) in [4.78, 5) is 12.2. The first-order chi connectivity index (χ1) is 10.5. The second-order valence-corrected chi connectivity index (χ2v) is 7.93. The molecular formula is C15H20N4O3S. The Morgan fingerprint density at radius 1 is 1.26 bits per heavy atom. The van der Waals surface area contributed by atoms with Crippen LogP contribution < -0.4 is 10.5 Å². The maximum absolute atomic E-state index is 12.2. The standard InChI is InChI=1S/C15H20N4O3S/c1-9-5-6-10(7-12(9)23(16,21)22)17-14(20)11-8-13(19-18-11)15(2,3)4/h5-8H,1-4H3,(H,17,20)(H,18,19)(H2,16,21,22). The van der Waals surface area contributed by atoms with Crippen LogP contribution in [0.2, 0.25) is 0 Å². The van der Waals surface area contributed by atoms with E-state index in [0.717, 1.165) is 5.69 Å². The molecule has 0 saturated carbocycles. The number of hydrogen-bond acceptors (Lipinski definition) is 4. The van der Waals surface area contributed by atoms with Gasteiger partial charge in [0.1, 0.15) is 0 Å². The minimum Gasteiger partial charge on any atom is -0.321 e. The Labute approximate surface area is 135 Å².